The highest BCUT2D eigenvalue weighted by molar-refractivity contribution is 7.99. The number of nitro groups is 1. The quantitative estimate of drug-likeness (QED) is 0.397. The third-order valence-electron chi connectivity index (χ3n) is 3.89. The molecule has 0 saturated heterocycles. The van der Waals surface area contributed by atoms with Gasteiger partial charge in [0.15, 0.2) is 11.0 Å². The number of rotatable bonds is 6. The maximum atomic E-state index is 12.1. The van der Waals surface area contributed by atoms with E-state index in [-0.39, 0.29) is 17.3 Å². The number of anilines is 1. The summed E-state index contributed by atoms with van der Waals surface area (Å²) in [6.45, 7) is 2.00. The normalized spacial score (nSPS) is 10.6. The van der Waals surface area contributed by atoms with E-state index in [1.54, 1.807) is 6.07 Å². The molecule has 2 aromatic carbocycles. The summed E-state index contributed by atoms with van der Waals surface area (Å²) in [4.78, 5) is 22.4. The molecule has 0 aliphatic rings. The van der Waals surface area contributed by atoms with Crippen molar-refractivity contribution < 1.29 is 9.72 Å². The summed E-state index contributed by atoms with van der Waals surface area (Å²) >= 11 is 1.25. The minimum atomic E-state index is -0.503. The first-order valence-corrected chi connectivity index (χ1v) is 9.07. The molecule has 9 heteroatoms. The Morgan fingerprint density at radius 1 is 1.22 bits per heavy atom. The standard InChI is InChI=1S/C18H17N5O3S/c1-12-6-3-4-9-15(12)17-20-21-18(22(17)2)27-11-16(24)19-13-7-5-8-14(10-13)23(25)26/h3-10H,11H2,1-2H3,(H,19,24). The van der Waals surface area contributed by atoms with Crippen LogP contribution in [0.5, 0.6) is 0 Å². The van der Waals surface area contributed by atoms with Crippen molar-refractivity contribution in [3.05, 3.63) is 64.2 Å². The molecule has 0 aliphatic carbocycles. The second-order valence-electron chi connectivity index (χ2n) is 5.82. The molecule has 0 bridgehead atoms. The fourth-order valence-electron chi connectivity index (χ4n) is 2.52. The van der Waals surface area contributed by atoms with E-state index >= 15 is 0 Å². The summed E-state index contributed by atoms with van der Waals surface area (Å²) in [5.41, 5.74) is 2.39. The minimum absolute atomic E-state index is 0.0726. The van der Waals surface area contributed by atoms with Gasteiger partial charge in [-0.15, -0.1) is 10.2 Å². The van der Waals surface area contributed by atoms with Gasteiger partial charge in [-0.3, -0.25) is 14.9 Å². The second kappa shape index (κ2) is 8.00. The first-order valence-electron chi connectivity index (χ1n) is 8.08. The summed E-state index contributed by atoms with van der Waals surface area (Å²) in [5, 5.41) is 22.4. The molecule has 1 amide bonds. The van der Waals surface area contributed by atoms with Crippen LogP contribution in [0.25, 0.3) is 11.4 Å². The number of amides is 1. The van der Waals surface area contributed by atoms with Crippen LogP contribution in [0.3, 0.4) is 0 Å². The van der Waals surface area contributed by atoms with Crippen molar-refractivity contribution in [2.45, 2.75) is 12.1 Å². The third-order valence-corrected chi connectivity index (χ3v) is 4.91. The first kappa shape index (κ1) is 18.6. The van der Waals surface area contributed by atoms with Crippen LogP contribution >= 0.6 is 11.8 Å². The number of benzene rings is 2. The Labute approximate surface area is 159 Å². The molecular formula is C18H17N5O3S. The molecule has 0 radical (unpaired) electrons. The van der Waals surface area contributed by atoms with E-state index in [1.807, 2.05) is 42.8 Å². The lowest BCUT2D eigenvalue weighted by molar-refractivity contribution is -0.384. The average molecular weight is 383 g/mol. The number of thioether (sulfide) groups is 1. The zero-order chi connectivity index (χ0) is 19.4. The predicted octanol–water partition coefficient (Wildman–Crippen LogP) is 3.43. The van der Waals surface area contributed by atoms with Crippen LogP contribution in [-0.4, -0.2) is 31.3 Å². The summed E-state index contributed by atoms with van der Waals surface area (Å²) in [5.74, 6) is 0.568. The zero-order valence-electron chi connectivity index (χ0n) is 14.7. The molecule has 1 N–H and O–H groups in total. The van der Waals surface area contributed by atoms with E-state index in [2.05, 4.69) is 15.5 Å². The Morgan fingerprint density at radius 2 is 2.00 bits per heavy atom. The Kier molecular flexibility index (Phi) is 5.51. The minimum Gasteiger partial charge on any atom is -0.325 e. The van der Waals surface area contributed by atoms with Gasteiger partial charge in [-0.2, -0.15) is 0 Å². The molecule has 3 aromatic rings. The van der Waals surface area contributed by atoms with Crippen molar-refractivity contribution in [3.8, 4) is 11.4 Å². The fourth-order valence-corrected chi connectivity index (χ4v) is 3.23. The number of carbonyl (C=O) groups excluding carboxylic acids is 1. The molecule has 1 aromatic heterocycles. The maximum Gasteiger partial charge on any atom is 0.271 e. The average Bonchev–Trinajstić information content (AvgIpc) is 3.01. The molecule has 0 spiro atoms. The number of nitro benzene ring substituents is 1. The number of nitrogens with one attached hydrogen (secondary N) is 1. The van der Waals surface area contributed by atoms with Crippen LogP contribution in [-0.2, 0) is 11.8 Å². The molecule has 138 valence electrons. The summed E-state index contributed by atoms with van der Waals surface area (Å²) in [7, 11) is 1.85. The zero-order valence-corrected chi connectivity index (χ0v) is 15.6. The summed E-state index contributed by atoms with van der Waals surface area (Å²) < 4.78 is 1.84. The molecule has 0 aliphatic heterocycles. The van der Waals surface area contributed by atoms with E-state index in [9.17, 15) is 14.9 Å². The SMILES string of the molecule is Cc1ccccc1-c1nnc(SCC(=O)Nc2cccc([N+](=O)[O-])c2)n1C. The van der Waals surface area contributed by atoms with Gasteiger partial charge in [0, 0.05) is 30.4 Å². The molecule has 0 saturated carbocycles. The van der Waals surface area contributed by atoms with Crippen molar-refractivity contribution in [2.75, 3.05) is 11.1 Å². The van der Waals surface area contributed by atoms with Crippen LogP contribution in [0.2, 0.25) is 0 Å². The van der Waals surface area contributed by atoms with Gasteiger partial charge >= 0.3 is 0 Å². The van der Waals surface area contributed by atoms with Gasteiger partial charge in [0.1, 0.15) is 0 Å². The lowest BCUT2D eigenvalue weighted by Crippen LogP contribution is -2.14. The van der Waals surface area contributed by atoms with Gasteiger partial charge in [0.25, 0.3) is 5.69 Å². The maximum absolute atomic E-state index is 12.1. The Hall–Kier alpha value is -3.20. The highest BCUT2D eigenvalue weighted by Crippen LogP contribution is 2.25. The smallest absolute Gasteiger partial charge is 0.271 e. The lowest BCUT2D eigenvalue weighted by Gasteiger charge is -2.07. The number of hydrogen-bond acceptors (Lipinski definition) is 6. The van der Waals surface area contributed by atoms with Gasteiger partial charge in [0.05, 0.1) is 10.7 Å². The molecular weight excluding hydrogens is 366 g/mol. The van der Waals surface area contributed by atoms with Crippen molar-refractivity contribution in [1.82, 2.24) is 14.8 Å². The fraction of sp³-hybridized carbons (Fsp3) is 0.167. The second-order valence-corrected chi connectivity index (χ2v) is 6.77. The molecule has 1 heterocycles. The van der Waals surface area contributed by atoms with Crippen molar-refractivity contribution in [2.24, 2.45) is 7.05 Å². The van der Waals surface area contributed by atoms with Crippen molar-refractivity contribution in [1.29, 1.82) is 0 Å². The molecule has 0 atom stereocenters. The number of aryl methyl sites for hydroxylation is 1. The Balaban J connectivity index is 1.65. The van der Waals surface area contributed by atoms with Gasteiger partial charge in [0.2, 0.25) is 5.91 Å². The molecule has 27 heavy (non-hydrogen) atoms. The van der Waals surface area contributed by atoms with E-state index in [1.165, 1.54) is 30.0 Å². The van der Waals surface area contributed by atoms with Crippen LogP contribution in [0, 0.1) is 17.0 Å². The monoisotopic (exact) mass is 383 g/mol. The van der Waals surface area contributed by atoms with Crippen LogP contribution in [0.4, 0.5) is 11.4 Å². The Morgan fingerprint density at radius 3 is 2.74 bits per heavy atom. The van der Waals surface area contributed by atoms with E-state index in [0.29, 0.717) is 10.8 Å². The highest BCUT2D eigenvalue weighted by atomic mass is 32.2. The van der Waals surface area contributed by atoms with E-state index in [0.717, 1.165) is 17.0 Å². The molecule has 8 nitrogen and oxygen atoms in total. The van der Waals surface area contributed by atoms with Gasteiger partial charge in [-0.05, 0) is 18.6 Å². The number of carbonyl (C=O) groups is 1. The van der Waals surface area contributed by atoms with Gasteiger partial charge in [-0.25, -0.2) is 0 Å². The molecule has 0 fully saturated rings. The van der Waals surface area contributed by atoms with Crippen molar-refractivity contribution in [3.63, 3.8) is 0 Å². The van der Waals surface area contributed by atoms with Crippen LogP contribution in [0.15, 0.2) is 53.7 Å². The molecule has 3 rings (SSSR count). The summed E-state index contributed by atoms with van der Waals surface area (Å²) in [6, 6.07) is 13.7. The number of nitrogens with zero attached hydrogens (tertiary/aromatic N) is 4. The number of non-ortho nitro benzene ring substituents is 1. The topological polar surface area (TPSA) is 103 Å². The molecule has 0 unspecified atom stereocenters. The third kappa shape index (κ3) is 4.32. The number of aromatic nitrogens is 3. The first-order chi connectivity index (χ1) is 13.0. The van der Waals surface area contributed by atoms with Crippen molar-refractivity contribution >= 4 is 29.0 Å². The van der Waals surface area contributed by atoms with Gasteiger partial charge in [-0.1, -0.05) is 42.1 Å². The largest absolute Gasteiger partial charge is 0.325 e. The summed E-state index contributed by atoms with van der Waals surface area (Å²) in [6.07, 6.45) is 0. The van der Waals surface area contributed by atoms with Crippen LogP contribution in [0.1, 0.15) is 5.56 Å². The highest BCUT2D eigenvalue weighted by Gasteiger charge is 2.14. The van der Waals surface area contributed by atoms with E-state index in [4.69, 9.17) is 0 Å². The van der Waals surface area contributed by atoms with Crippen LogP contribution < -0.4 is 5.32 Å². The van der Waals surface area contributed by atoms with E-state index < -0.39 is 4.92 Å². The lowest BCUT2D eigenvalue weighted by atomic mass is 10.1. The van der Waals surface area contributed by atoms with Gasteiger partial charge < -0.3 is 9.88 Å². The predicted molar refractivity (Wildman–Crippen MR) is 104 cm³/mol. The number of hydrogen-bond donors (Lipinski definition) is 1. The Bertz CT molecular complexity index is 1000.